The molecule has 1 N–H and O–H groups in total. The van der Waals surface area contributed by atoms with Crippen LogP contribution >= 0.6 is 11.3 Å². The SMILES string of the molecule is COc1cccc(-c2cc(CNc3nc4c(C)cc(C)cc4s3)on2)c1. The molecule has 6 heteroatoms. The lowest BCUT2D eigenvalue weighted by atomic mass is 10.1. The first-order chi connectivity index (χ1) is 12.6. The summed E-state index contributed by atoms with van der Waals surface area (Å²) in [6.07, 6.45) is 0. The average molecular weight is 365 g/mol. The van der Waals surface area contributed by atoms with Gasteiger partial charge in [-0.15, -0.1) is 0 Å². The number of methoxy groups -OCH3 is 1. The lowest BCUT2D eigenvalue weighted by Crippen LogP contribution is -1.97. The van der Waals surface area contributed by atoms with E-state index in [4.69, 9.17) is 9.26 Å². The second-order valence-corrected chi connectivity index (χ2v) is 7.24. The molecule has 0 spiro atoms. The quantitative estimate of drug-likeness (QED) is 0.527. The van der Waals surface area contributed by atoms with Crippen LogP contribution in [0.5, 0.6) is 5.75 Å². The minimum atomic E-state index is 0.537. The van der Waals surface area contributed by atoms with Crippen LogP contribution in [0.4, 0.5) is 5.13 Å². The Labute approximate surface area is 155 Å². The number of benzene rings is 2. The van der Waals surface area contributed by atoms with E-state index in [9.17, 15) is 0 Å². The van der Waals surface area contributed by atoms with Gasteiger partial charge in [-0.25, -0.2) is 4.98 Å². The normalized spacial score (nSPS) is 11.0. The first-order valence-corrected chi connectivity index (χ1v) is 9.16. The standard InChI is InChI=1S/C20H19N3O2S/c1-12-7-13(2)19-18(8-12)26-20(22-19)21-11-16-10-17(23-25-16)14-5-4-6-15(9-14)24-3/h4-10H,11H2,1-3H3,(H,21,22). The van der Waals surface area contributed by atoms with Crippen LogP contribution in [0.3, 0.4) is 0 Å². The number of fused-ring (bicyclic) bond motifs is 1. The Morgan fingerprint density at radius 2 is 2.04 bits per heavy atom. The van der Waals surface area contributed by atoms with E-state index in [2.05, 4.69) is 41.4 Å². The monoisotopic (exact) mass is 365 g/mol. The fraction of sp³-hybridized carbons (Fsp3) is 0.200. The van der Waals surface area contributed by atoms with E-state index < -0.39 is 0 Å². The lowest BCUT2D eigenvalue weighted by Gasteiger charge is -2.00. The number of nitrogens with one attached hydrogen (secondary N) is 1. The fourth-order valence-corrected chi connectivity index (χ4v) is 3.96. The van der Waals surface area contributed by atoms with E-state index >= 15 is 0 Å². The zero-order chi connectivity index (χ0) is 18.1. The molecular weight excluding hydrogens is 346 g/mol. The summed E-state index contributed by atoms with van der Waals surface area (Å²) in [5.41, 5.74) is 5.26. The molecule has 132 valence electrons. The first kappa shape index (κ1) is 16.6. The highest BCUT2D eigenvalue weighted by Crippen LogP contribution is 2.30. The maximum Gasteiger partial charge on any atom is 0.184 e. The number of hydrogen-bond donors (Lipinski definition) is 1. The topological polar surface area (TPSA) is 60.2 Å². The van der Waals surface area contributed by atoms with Crippen LogP contribution in [0.15, 0.2) is 47.0 Å². The molecule has 0 fully saturated rings. The number of thiazole rings is 1. The molecule has 0 aliphatic carbocycles. The van der Waals surface area contributed by atoms with Crippen LogP contribution in [0.2, 0.25) is 0 Å². The van der Waals surface area contributed by atoms with E-state index in [1.807, 2.05) is 30.3 Å². The number of aryl methyl sites for hydroxylation is 2. The predicted molar refractivity (Wildman–Crippen MR) is 105 cm³/mol. The van der Waals surface area contributed by atoms with Gasteiger partial charge < -0.3 is 14.6 Å². The molecule has 0 bridgehead atoms. The van der Waals surface area contributed by atoms with Gasteiger partial charge in [0.15, 0.2) is 10.9 Å². The summed E-state index contributed by atoms with van der Waals surface area (Å²) >= 11 is 1.65. The third-order valence-electron chi connectivity index (χ3n) is 4.17. The molecule has 5 nitrogen and oxygen atoms in total. The van der Waals surface area contributed by atoms with Gasteiger partial charge in [-0.05, 0) is 43.2 Å². The molecular formula is C20H19N3O2S. The average Bonchev–Trinajstić information content (AvgIpc) is 3.27. The minimum Gasteiger partial charge on any atom is -0.497 e. The summed E-state index contributed by atoms with van der Waals surface area (Å²) < 4.78 is 11.9. The van der Waals surface area contributed by atoms with Crippen molar-refractivity contribution >= 4 is 26.7 Å². The third kappa shape index (κ3) is 3.28. The zero-order valence-corrected chi connectivity index (χ0v) is 15.7. The summed E-state index contributed by atoms with van der Waals surface area (Å²) in [5, 5.41) is 8.37. The highest BCUT2D eigenvalue weighted by Gasteiger charge is 2.10. The Bertz CT molecular complexity index is 1070. The van der Waals surface area contributed by atoms with Gasteiger partial charge in [-0.2, -0.15) is 0 Å². The fourth-order valence-electron chi connectivity index (χ4n) is 2.92. The molecule has 4 aromatic rings. The second kappa shape index (κ2) is 6.80. The van der Waals surface area contributed by atoms with Crippen molar-refractivity contribution in [3.8, 4) is 17.0 Å². The molecule has 2 heterocycles. The van der Waals surface area contributed by atoms with Gasteiger partial charge >= 0.3 is 0 Å². The number of rotatable bonds is 5. The molecule has 0 unspecified atom stereocenters. The second-order valence-electron chi connectivity index (χ2n) is 6.21. The van der Waals surface area contributed by atoms with Crippen LogP contribution in [-0.2, 0) is 6.54 Å². The highest BCUT2D eigenvalue weighted by atomic mass is 32.1. The number of ether oxygens (including phenoxy) is 1. The Kier molecular flexibility index (Phi) is 4.34. The Balaban J connectivity index is 1.50. The van der Waals surface area contributed by atoms with Crippen LogP contribution < -0.4 is 10.1 Å². The molecule has 2 aromatic carbocycles. The van der Waals surface area contributed by atoms with Crippen LogP contribution in [-0.4, -0.2) is 17.3 Å². The summed E-state index contributed by atoms with van der Waals surface area (Å²) in [6, 6.07) is 14.0. The molecule has 26 heavy (non-hydrogen) atoms. The molecule has 0 saturated carbocycles. The molecule has 2 aromatic heterocycles. The van der Waals surface area contributed by atoms with Crippen molar-refractivity contribution in [2.24, 2.45) is 0 Å². The maximum absolute atomic E-state index is 5.45. The van der Waals surface area contributed by atoms with Crippen LogP contribution in [0.1, 0.15) is 16.9 Å². The van der Waals surface area contributed by atoms with Crippen LogP contribution in [0.25, 0.3) is 21.5 Å². The van der Waals surface area contributed by atoms with Gasteiger partial charge in [0.05, 0.1) is 23.9 Å². The van der Waals surface area contributed by atoms with Gasteiger partial charge in [-0.1, -0.05) is 34.7 Å². The van der Waals surface area contributed by atoms with Crippen molar-refractivity contribution in [2.75, 3.05) is 12.4 Å². The summed E-state index contributed by atoms with van der Waals surface area (Å²) in [4.78, 5) is 4.68. The van der Waals surface area contributed by atoms with Crippen molar-refractivity contribution < 1.29 is 9.26 Å². The van der Waals surface area contributed by atoms with Gasteiger partial charge in [0.1, 0.15) is 11.4 Å². The number of nitrogens with zero attached hydrogens (tertiary/aromatic N) is 2. The highest BCUT2D eigenvalue weighted by molar-refractivity contribution is 7.22. The van der Waals surface area contributed by atoms with Gasteiger partial charge in [-0.3, -0.25) is 0 Å². The summed E-state index contributed by atoms with van der Waals surface area (Å²) in [5.74, 6) is 1.56. The molecule has 4 rings (SSSR count). The van der Waals surface area contributed by atoms with Crippen LogP contribution in [0, 0.1) is 13.8 Å². The predicted octanol–water partition coefficient (Wildman–Crippen LogP) is 5.19. The molecule has 0 atom stereocenters. The van der Waals surface area contributed by atoms with E-state index in [1.165, 1.54) is 15.8 Å². The smallest absolute Gasteiger partial charge is 0.184 e. The summed E-state index contributed by atoms with van der Waals surface area (Å²) in [7, 11) is 1.65. The Hall–Kier alpha value is -2.86. The largest absolute Gasteiger partial charge is 0.497 e. The van der Waals surface area contributed by atoms with E-state index in [1.54, 1.807) is 18.4 Å². The molecule has 0 radical (unpaired) electrons. The molecule has 0 amide bonds. The van der Waals surface area contributed by atoms with Crippen molar-refractivity contribution in [1.82, 2.24) is 10.1 Å². The van der Waals surface area contributed by atoms with Gasteiger partial charge in [0.25, 0.3) is 0 Å². The summed E-state index contributed by atoms with van der Waals surface area (Å²) in [6.45, 7) is 4.73. The van der Waals surface area contributed by atoms with E-state index in [-0.39, 0.29) is 0 Å². The number of hydrogen-bond acceptors (Lipinski definition) is 6. The molecule has 0 saturated heterocycles. The minimum absolute atomic E-state index is 0.537. The van der Waals surface area contributed by atoms with E-state index in [0.29, 0.717) is 6.54 Å². The van der Waals surface area contributed by atoms with Crippen molar-refractivity contribution in [1.29, 1.82) is 0 Å². The number of anilines is 1. The van der Waals surface area contributed by atoms with Crippen molar-refractivity contribution in [3.05, 3.63) is 59.4 Å². The third-order valence-corrected chi connectivity index (χ3v) is 5.13. The maximum atomic E-state index is 5.45. The zero-order valence-electron chi connectivity index (χ0n) is 14.9. The van der Waals surface area contributed by atoms with Gasteiger partial charge in [0, 0.05) is 11.6 Å². The Morgan fingerprint density at radius 1 is 1.15 bits per heavy atom. The first-order valence-electron chi connectivity index (χ1n) is 8.34. The van der Waals surface area contributed by atoms with Gasteiger partial charge in [0.2, 0.25) is 0 Å². The van der Waals surface area contributed by atoms with E-state index in [0.717, 1.165) is 33.4 Å². The molecule has 0 aliphatic heterocycles. The van der Waals surface area contributed by atoms with Crippen molar-refractivity contribution in [3.63, 3.8) is 0 Å². The Morgan fingerprint density at radius 3 is 2.88 bits per heavy atom. The van der Waals surface area contributed by atoms with Crippen molar-refractivity contribution in [2.45, 2.75) is 20.4 Å². The lowest BCUT2D eigenvalue weighted by molar-refractivity contribution is 0.390. The number of aromatic nitrogens is 2. The molecule has 0 aliphatic rings.